The maximum Gasteiger partial charge on any atom is 0.249 e. The first-order chi connectivity index (χ1) is 27.8. The van der Waals surface area contributed by atoms with E-state index in [0.29, 0.717) is 24.9 Å². The normalized spacial score (nSPS) is 29.8. The first kappa shape index (κ1) is 43.8. The number of phenols is 1. The molecule has 0 aliphatic heterocycles. The number of aliphatic hydroxyl groups excluding tert-OH is 1. The van der Waals surface area contributed by atoms with Gasteiger partial charge in [0.25, 0.3) is 0 Å². The third-order valence-corrected chi connectivity index (χ3v) is 15.0. The highest BCUT2D eigenvalue weighted by molar-refractivity contribution is 6.01. The highest BCUT2D eigenvalue weighted by Gasteiger charge is 2.58. The van der Waals surface area contributed by atoms with Gasteiger partial charge >= 0.3 is 0 Å². The average Bonchev–Trinajstić information content (AvgIpc) is 3.18. The van der Waals surface area contributed by atoms with Gasteiger partial charge in [0.15, 0.2) is 0 Å². The Morgan fingerprint density at radius 1 is 0.746 bits per heavy atom. The number of nitrogens with one attached hydrogen (secondary N) is 5. The highest BCUT2D eigenvalue weighted by Crippen LogP contribution is 2.59. The van der Waals surface area contributed by atoms with Gasteiger partial charge in [0, 0.05) is 5.69 Å². The molecule has 2 fully saturated rings. The summed E-state index contributed by atoms with van der Waals surface area (Å²) in [5, 5.41) is 33.8. The van der Waals surface area contributed by atoms with Crippen molar-refractivity contribution in [3.63, 3.8) is 0 Å². The number of aromatic hydroxyl groups is 1. The molecule has 6 rings (SSSR count). The van der Waals surface area contributed by atoms with Gasteiger partial charge in [-0.3, -0.25) is 34.1 Å². The molecule has 2 aromatic rings. The number of benzene rings is 2. The van der Waals surface area contributed by atoms with E-state index in [1.54, 1.807) is 26.0 Å². The smallest absolute Gasteiger partial charge is 0.249 e. The van der Waals surface area contributed by atoms with Crippen molar-refractivity contribution in [2.45, 2.75) is 142 Å². The first-order valence-corrected chi connectivity index (χ1v) is 21.4. The number of carbonyl (C=O) groups is 6. The fourth-order valence-corrected chi connectivity index (χ4v) is 11.7. The molecule has 0 bridgehead atoms. The molecule has 0 unspecified atom stereocenters. The molecule has 59 heavy (non-hydrogen) atoms. The molecule has 6 amide bonds. The molecule has 320 valence electrons. The third kappa shape index (κ3) is 7.99. The molecule has 9 atom stereocenters. The Labute approximate surface area is 347 Å². The fourth-order valence-electron chi connectivity index (χ4n) is 11.7. The Morgan fingerprint density at radius 2 is 1.29 bits per heavy atom. The highest BCUT2D eigenvalue weighted by atomic mass is 16.3. The number of anilines is 1. The predicted molar refractivity (Wildman–Crippen MR) is 223 cm³/mol. The molecular formula is C46H63N5O8. The maximum absolute atomic E-state index is 14.6. The van der Waals surface area contributed by atoms with Crippen molar-refractivity contribution in [1.29, 1.82) is 0 Å². The second kappa shape index (κ2) is 16.7. The molecule has 0 spiro atoms. The van der Waals surface area contributed by atoms with E-state index in [1.165, 1.54) is 12.5 Å². The quantitative estimate of drug-likeness (QED) is 0.120. The van der Waals surface area contributed by atoms with Crippen LogP contribution in [0.15, 0.2) is 36.4 Å². The Hall–Kier alpha value is -4.78. The number of hydrogen-bond acceptors (Lipinski definition) is 8. The van der Waals surface area contributed by atoms with Crippen LogP contribution in [-0.2, 0) is 52.4 Å². The second-order valence-electron chi connectivity index (χ2n) is 19.0. The summed E-state index contributed by atoms with van der Waals surface area (Å²) in [7, 11) is 0. The van der Waals surface area contributed by atoms with Crippen molar-refractivity contribution in [3.8, 4) is 5.75 Å². The van der Waals surface area contributed by atoms with Crippen LogP contribution in [0.5, 0.6) is 5.75 Å². The molecule has 2 saturated carbocycles. The minimum Gasteiger partial charge on any atom is -0.508 e. The van der Waals surface area contributed by atoms with Gasteiger partial charge in [0.05, 0.1) is 17.4 Å². The maximum atomic E-state index is 14.6. The van der Waals surface area contributed by atoms with Crippen LogP contribution >= 0.6 is 0 Å². The zero-order valence-electron chi connectivity index (χ0n) is 35.6. The van der Waals surface area contributed by atoms with Crippen LogP contribution < -0.4 is 26.6 Å². The number of aliphatic hydroxyl groups is 1. The number of rotatable bonds is 12. The number of fused-ring (bicyclic) bond motifs is 6. The van der Waals surface area contributed by atoms with E-state index in [-0.39, 0.29) is 40.7 Å². The Kier molecular flexibility index (Phi) is 12.4. The van der Waals surface area contributed by atoms with Crippen LogP contribution in [0.25, 0.3) is 0 Å². The predicted octanol–water partition coefficient (Wildman–Crippen LogP) is 4.45. The van der Waals surface area contributed by atoms with Crippen molar-refractivity contribution in [3.05, 3.63) is 58.7 Å². The number of aryl methyl sites for hydroxylation is 2. The zero-order valence-corrected chi connectivity index (χ0v) is 35.6. The molecule has 4 aliphatic carbocycles. The number of phenolic OH excluding ortho intramolecular Hbond substituents is 1. The number of carbonyl (C=O) groups excluding carboxylic acids is 6. The van der Waals surface area contributed by atoms with E-state index >= 15 is 0 Å². The molecule has 0 radical (unpaired) electrons. The summed E-state index contributed by atoms with van der Waals surface area (Å²) in [6.07, 6.45) is 8.26. The lowest BCUT2D eigenvalue weighted by Gasteiger charge is -2.56. The second-order valence-corrected chi connectivity index (χ2v) is 19.0. The molecule has 4 aliphatic rings. The lowest BCUT2D eigenvalue weighted by molar-refractivity contribution is -0.150. The van der Waals surface area contributed by atoms with E-state index in [4.69, 9.17) is 0 Å². The Morgan fingerprint density at radius 3 is 1.81 bits per heavy atom. The first-order valence-electron chi connectivity index (χ1n) is 21.4. The van der Waals surface area contributed by atoms with Crippen molar-refractivity contribution in [2.75, 3.05) is 11.9 Å². The van der Waals surface area contributed by atoms with E-state index in [1.807, 2.05) is 38.1 Å². The minimum absolute atomic E-state index is 0.0164. The average molecular weight is 814 g/mol. The standard InChI is InChI=1S/C46H63N5O8/c1-26(2)37(47-25-53)40(57)48-27(3)38(55)50-34(24-52)39(56)49-30-14-10-28-12-16-35-43(4,32(28)22-30)18-8-20-45(35,6)41(58)51-42(59)46(7)21-9-19-44(5)33-23-31(54)15-11-29(33)13-17-36(44)46/h10-11,14-15,22-23,25-27,34-37,52,54H,8-9,12-13,16-21,24H2,1-7H3,(H,47,53)(H,48,57)(H,49,56)(H,50,55)(H,51,58,59)/t27-,34-,35+,36+,37-,43+,44+,45-,46-/m0/s1. The molecule has 7 N–H and O–H groups in total. The van der Waals surface area contributed by atoms with Crippen LogP contribution in [-0.4, -0.2) is 70.9 Å². The summed E-state index contributed by atoms with van der Waals surface area (Å²) in [5.74, 6) is -2.40. The van der Waals surface area contributed by atoms with Gasteiger partial charge < -0.3 is 31.5 Å². The van der Waals surface area contributed by atoms with Gasteiger partial charge in [0.2, 0.25) is 35.9 Å². The number of amides is 6. The molecule has 2 aromatic carbocycles. The van der Waals surface area contributed by atoms with Crippen molar-refractivity contribution < 1.29 is 39.0 Å². The van der Waals surface area contributed by atoms with Gasteiger partial charge in [-0.05, 0) is 133 Å². The van der Waals surface area contributed by atoms with Gasteiger partial charge in [0.1, 0.15) is 23.9 Å². The number of imide groups is 1. The van der Waals surface area contributed by atoms with Gasteiger partial charge in [-0.25, -0.2) is 0 Å². The van der Waals surface area contributed by atoms with E-state index in [0.717, 1.165) is 68.1 Å². The Balaban J connectivity index is 1.15. The topological polar surface area (TPSA) is 203 Å². The lowest BCUT2D eigenvalue weighted by atomic mass is 9.49. The third-order valence-electron chi connectivity index (χ3n) is 15.0. The Bertz CT molecular complexity index is 2000. The monoisotopic (exact) mass is 813 g/mol. The van der Waals surface area contributed by atoms with E-state index < -0.39 is 58.7 Å². The lowest BCUT2D eigenvalue weighted by Crippen LogP contribution is -2.60. The zero-order chi connectivity index (χ0) is 43.1. The van der Waals surface area contributed by atoms with E-state index in [9.17, 15) is 39.0 Å². The van der Waals surface area contributed by atoms with Crippen LogP contribution in [0.3, 0.4) is 0 Å². The minimum atomic E-state index is -1.31. The summed E-state index contributed by atoms with van der Waals surface area (Å²) < 4.78 is 0. The SMILES string of the molecule is CC(C)[C@H](NC=O)C(=O)N[C@@H](C)C(=O)N[C@@H](CO)C(=O)Nc1ccc2c(c1)[C@@]1(C)CCC[C@](C)(C(=O)NC(=O)[C@@]3(C)CCC[C@]4(C)c5cc(O)ccc5CC[C@@H]34)[C@@H]1CC2. The molecule has 0 saturated heterocycles. The van der Waals surface area contributed by atoms with Crippen molar-refractivity contribution in [1.82, 2.24) is 21.3 Å². The number of hydrogen-bond donors (Lipinski definition) is 7. The fraction of sp³-hybridized carbons (Fsp3) is 0.609. The van der Waals surface area contributed by atoms with Gasteiger partial charge in [-0.15, -0.1) is 0 Å². The summed E-state index contributed by atoms with van der Waals surface area (Å²) in [6, 6.07) is 8.09. The molecule has 13 nitrogen and oxygen atoms in total. The summed E-state index contributed by atoms with van der Waals surface area (Å²) >= 11 is 0. The summed E-state index contributed by atoms with van der Waals surface area (Å²) in [6.45, 7) is 12.7. The van der Waals surface area contributed by atoms with Gasteiger partial charge in [-0.1, -0.05) is 66.5 Å². The summed E-state index contributed by atoms with van der Waals surface area (Å²) in [4.78, 5) is 79.2. The van der Waals surface area contributed by atoms with Crippen LogP contribution in [0, 0.1) is 28.6 Å². The molecular weight excluding hydrogens is 751 g/mol. The van der Waals surface area contributed by atoms with E-state index in [2.05, 4.69) is 40.4 Å². The molecule has 13 heteroatoms. The summed E-state index contributed by atoms with van der Waals surface area (Å²) in [5.41, 5.74) is 2.66. The molecule has 0 aromatic heterocycles. The van der Waals surface area contributed by atoms with Crippen LogP contribution in [0.2, 0.25) is 0 Å². The molecule has 0 heterocycles. The van der Waals surface area contributed by atoms with Crippen LogP contribution in [0.4, 0.5) is 5.69 Å². The van der Waals surface area contributed by atoms with Crippen LogP contribution in [0.1, 0.15) is 122 Å². The largest absolute Gasteiger partial charge is 0.508 e. The van der Waals surface area contributed by atoms with Crippen molar-refractivity contribution in [2.24, 2.45) is 28.6 Å². The van der Waals surface area contributed by atoms with Gasteiger partial charge in [-0.2, -0.15) is 0 Å². The van der Waals surface area contributed by atoms with Crippen molar-refractivity contribution >= 4 is 41.6 Å².